The van der Waals surface area contributed by atoms with E-state index >= 15 is 0 Å². The van der Waals surface area contributed by atoms with Gasteiger partial charge >= 0.3 is 5.97 Å². The molecule has 0 aliphatic rings. The van der Waals surface area contributed by atoms with Crippen molar-refractivity contribution in [2.24, 2.45) is 0 Å². The van der Waals surface area contributed by atoms with Gasteiger partial charge in [-0.15, -0.1) is 0 Å². The van der Waals surface area contributed by atoms with Gasteiger partial charge in [0.15, 0.2) is 0 Å². The molecule has 1 heterocycles. The van der Waals surface area contributed by atoms with Crippen molar-refractivity contribution in [3.05, 3.63) is 69.1 Å². The summed E-state index contributed by atoms with van der Waals surface area (Å²) in [6.45, 7) is 12.0. The van der Waals surface area contributed by atoms with E-state index in [2.05, 4.69) is 29.8 Å². The van der Waals surface area contributed by atoms with Crippen molar-refractivity contribution in [2.75, 3.05) is 7.11 Å². The third-order valence-electron chi connectivity index (χ3n) is 4.61. The maximum atomic E-state index is 12.1. The van der Waals surface area contributed by atoms with Gasteiger partial charge in [0.25, 0.3) is 0 Å². The first-order valence-corrected chi connectivity index (χ1v) is 10.1. The van der Waals surface area contributed by atoms with Crippen LogP contribution in [0.5, 0.6) is 0 Å². The number of carbonyl (C=O) groups excluding carboxylic acids is 1. The number of aromatic nitrogens is 1. The molecule has 0 N–H and O–H groups in total. The largest absolute Gasteiger partial charge is 0.465 e. The number of esters is 1. The first kappa shape index (κ1) is 24.5. The van der Waals surface area contributed by atoms with E-state index in [4.69, 9.17) is 16.3 Å². The van der Waals surface area contributed by atoms with E-state index in [1.807, 2.05) is 52.8 Å². The van der Waals surface area contributed by atoms with E-state index in [1.54, 1.807) is 6.20 Å². The van der Waals surface area contributed by atoms with Gasteiger partial charge in [-0.2, -0.15) is 0 Å². The Hall–Kier alpha value is -2.57. The lowest BCUT2D eigenvalue weighted by Crippen LogP contribution is -2.06. The van der Waals surface area contributed by atoms with Crippen LogP contribution in [0, 0.1) is 11.8 Å². The predicted molar refractivity (Wildman–Crippen MR) is 123 cm³/mol. The quantitative estimate of drug-likeness (QED) is 0.172. The smallest absolute Gasteiger partial charge is 0.337 e. The molecule has 0 spiro atoms. The van der Waals surface area contributed by atoms with Crippen LogP contribution in [-0.4, -0.2) is 18.1 Å². The fourth-order valence-electron chi connectivity index (χ4n) is 2.76. The van der Waals surface area contributed by atoms with E-state index in [0.29, 0.717) is 10.7 Å². The monoisotopic (exact) mass is 411 g/mol. The summed E-state index contributed by atoms with van der Waals surface area (Å²) in [5.74, 6) is 6.10. The molecule has 0 atom stereocenters. The van der Waals surface area contributed by atoms with Gasteiger partial charge in [0.05, 0.1) is 18.2 Å². The topological polar surface area (TPSA) is 39.2 Å². The zero-order valence-electron chi connectivity index (χ0n) is 18.4. The van der Waals surface area contributed by atoms with Crippen LogP contribution in [0.15, 0.2) is 52.8 Å². The third kappa shape index (κ3) is 7.07. The van der Waals surface area contributed by atoms with Crippen molar-refractivity contribution in [3.63, 3.8) is 0 Å². The van der Waals surface area contributed by atoms with Gasteiger partial charge in [-0.1, -0.05) is 55.0 Å². The molecule has 3 nitrogen and oxygen atoms in total. The molecule has 0 bridgehead atoms. The second-order valence-electron chi connectivity index (χ2n) is 6.67. The molecule has 0 aromatic carbocycles. The fraction of sp³-hybridized carbons (Fsp3) is 0.360. The Kier molecular flexibility index (Phi) is 10.2. The maximum Gasteiger partial charge on any atom is 0.337 e. The summed E-state index contributed by atoms with van der Waals surface area (Å²) in [5, 5.41) is 0.444. The summed E-state index contributed by atoms with van der Waals surface area (Å²) in [6.07, 6.45) is 9.32. The van der Waals surface area contributed by atoms with Crippen molar-refractivity contribution >= 4 is 23.1 Å². The lowest BCUT2D eigenvalue weighted by molar-refractivity contribution is -0.135. The van der Waals surface area contributed by atoms with Crippen LogP contribution in [0.25, 0.3) is 5.57 Å². The molecule has 154 valence electrons. The van der Waals surface area contributed by atoms with Crippen LogP contribution >= 0.6 is 11.6 Å². The number of halogens is 1. The molecule has 0 saturated carbocycles. The van der Waals surface area contributed by atoms with Crippen molar-refractivity contribution in [2.45, 2.75) is 54.4 Å². The summed E-state index contributed by atoms with van der Waals surface area (Å²) in [7, 11) is 1.39. The number of rotatable bonds is 6. The average molecular weight is 412 g/mol. The standard InChI is InChI=1S/C25H30ClNO2/c1-8-11-18(5)22-15-24(26)27-16-21(22)13-12-20(10-3)19(6)14-23(17(4)9-2)25(28)29-7/h10-11,14-16H,8-9H2,1-7H3/b18-11-,19-14-,20-10-,23-17-. The van der Waals surface area contributed by atoms with Gasteiger partial charge in [-0.3, -0.25) is 0 Å². The molecule has 0 fully saturated rings. The first-order chi connectivity index (χ1) is 13.8. The van der Waals surface area contributed by atoms with Crippen LogP contribution in [0.1, 0.15) is 65.5 Å². The number of methoxy groups -OCH3 is 1. The molecule has 1 aromatic rings. The number of pyridine rings is 1. The van der Waals surface area contributed by atoms with Crippen LogP contribution in [0.2, 0.25) is 5.15 Å². The third-order valence-corrected chi connectivity index (χ3v) is 4.81. The highest BCUT2D eigenvalue weighted by molar-refractivity contribution is 6.29. The van der Waals surface area contributed by atoms with E-state index in [-0.39, 0.29) is 5.97 Å². The Labute approximate surface area is 180 Å². The molecular weight excluding hydrogens is 382 g/mol. The first-order valence-electron chi connectivity index (χ1n) is 9.76. The molecule has 0 radical (unpaired) electrons. The lowest BCUT2D eigenvalue weighted by atomic mass is 9.99. The number of carbonyl (C=O) groups is 1. The zero-order valence-corrected chi connectivity index (χ0v) is 19.2. The maximum absolute atomic E-state index is 12.1. The van der Waals surface area contributed by atoms with Gasteiger partial charge < -0.3 is 4.74 Å². The van der Waals surface area contributed by atoms with Gasteiger partial charge in [0.1, 0.15) is 5.15 Å². The SMILES string of the molecule is C\C=C(C#Cc1cnc(Cl)cc1/C(C)=C\CC)/C(C)=C\C(C(=O)OC)=C(/C)CC. The van der Waals surface area contributed by atoms with Crippen molar-refractivity contribution in [1.82, 2.24) is 4.98 Å². The highest BCUT2D eigenvalue weighted by Gasteiger charge is 2.11. The Bertz CT molecular complexity index is 937. The Morgan fingerprint density at radius 3 is 2.52 bits per heavy atom. The average Bonchev–Trinajstić information content (AvgIpc) is 2.72. The summed E-state index contributed by atoms with van der Waals surface area (Å²) < 4.78 is 4.93. The molecular formula is C25H30ClNO2. The minimum Gasteiger partial charge on any atom is -0.465 e. The van der Waals surface area contributed by atoms with Crippen LogP contribution < -0.4 is 0 Å². The van der Waals surface area contributed by atoms with Crippen molar-refractivity contribution in [1.29, 1.82) is 0 Å². The van der Waals surface area contributed by atoms with Crippen molar-refractivity contribution in [3.8, 4) is 11.8 Å². The molecule has 0 aliphatic heterocycles. The van der Waals surface area contributed by atoms with Crippen molar-refractivity contribution < 1.29 is 9.53 Å². The van der Waals surface area contributed by atoms with Gasteiger partial charge in [-0.25, -0.2) is 9.78 Å². The lowest BCUT2D eigenvalue weighted by Gasteiger charge is -2.08. The zero-order chi connectivity index (χ0) is 22.0. The second-order valence-corrected chi connectivity index (χ2v) is 7.05. The Balaban J connectivity index is 3.40. The molecule has 0 amide bonds. The van der Waals surface area contributed by atoms with E-state index in [1.165, 1.54) is 7.11 Å². The number of hydrogen-bond donors (Lipinski definition) is 0. The molecule has 29 heavy (non-hydrogen) atoms. The summed E-state index contributed by atoms with van der Waals surface area (Å²) in [6, 6.07) is 1.84. The number of hydrogen-bond acceptors (Lipinski definition) is 3. The normalized spacial score (nSPS) is 13.4. The number of allylic oxidation sites excluding steroid dienone is 6. The molecule has 4 heteroatoms. The summed E-state index contributed by atoms with van der Waals surface area (Å²) in [4.78, 5) is 16.3. The highest BCUT2D eigenvalue weighted by atomic mass is 35.5. The predicted octanol–water partition coefficient (Wildman–Crippen LogP) is 6.69. The fourth-order valence-corrected chi connectivity index (χ4v) is 2.91. The Morgan fingerprint density at radius 1 is 1.28 bits per heavy atom. The van der Waals surface area contributed by atoms with E-state index in [9.17, 15) is 4.79 Å². The Morgan fingerprint density at radius 2 is 1.97 bits per heavy atom. The van der Waals surface area contributed by atoms with Crippen LogP contribution in [0.4, 0.5) is 0 Å². The molecule has 0 aliphatic carbocycles. The number of nitrogens with zero attached hydrogens (tertiary/aromatic N) is 1. The van der Waals surface area contributed by atoms with E-state index in [0.717, 1.165) is 46.3 Å². The molecule has 0 saturated heterocycles. The minimum atomic E-state index is -0.336. The molecule has 1 rings (SSSR count). The second kappa shape index (κ2) is 12.1. The van der Waals surface area contributed by atoms with E-state index < -0.39 is 0 Å². The molecule has 0 unspecified atom stereocenters. The summed E-state index contributed by atoms with van der Waals surface area (Å²) >= 11 is 6.09. The summed E-state index contributed by atoms with van der Waals surface area (Å²) in [5.41, 5.74) is 6.20. The van der Waals surface area contributed by atoms with Crippen LogP contribution in [0.3, 0.4) is 0 Å². The van der Waals surface area contributed by atoms with Gasteiger partial charge in [-0.05, 0) is 69.4 Å². The highest BCUT2D eigenvalue weighted by Crippen LogP contribution is 2.22. The number of ether oxygens (including phenoxy) is 1. The van der Waals surface area contributed by atoms with Crippen LogP contribution in [-0.2, 0) is 9.53 Å². The van der Waals surface area contributed by atoms with Gasteiger partial charge in [0.2, 0.25) is 0 Å². The molecule has 1 aromatic heterocycles. The van der Waals surface area contributed by atoms with Gasteiger partial charge in [0, 0.05) is 11.8 Å². The minimum absolute atomic E-state index is 0.336.